The van der Waals surface area contributed by atoms with Crippen LogP contribution in [0.1, 0.15) is 43.2 Å². The minimum atomic E-state index is -0.380. The van der Waals surface area contributed by atoms with Crippen LogP contribution < -0.4 is 15.5 Å². The van der Waals surface area contributed by atoms with E-state index in [0.29, 0.717) is 36.3 Å². The number of amides is 3. The molecule has 2 fully saturated rings. The normalized spacial score (nSPS) is 20.5. The van der Waals surface area contributed by atoms with Crippen molar-refractivity contribution in [3.8, 4) is 11.5 Å². The first kappa shape index (κ1) is 23.0. The zero-order valence-corrected chi connectivity index (χ0v) is 19.9. The minimum Gasteiger partial charge on any atom is -0.463 e. The summed E-state index contributed by atoms with van der Waals surface area (Å²) in [5, 5.41) is 9.93. The van der Waals surface area contributed by atoms with Crippen molar-refractivity contribution in [3.05, 3.63) is 54.5 Å². The van der Waals surface area contributed by atoms with Gasteiger partial charge in [0.1, 0.15) is 5.69 Å². The molecule has 1 saturated carbocycles. The summed E-state index contributed by atoms with van der Waals surface area (Å²) in [7, 11) is 0. The third kappa shape index (κ3) is 5.50. The van der Waals surface area contributed by atoms with Crippen LogP contribution in [0.4, 0.5) is 16.2 Å². The maximum atomic E-state index is 12.7. The largest absolute Gasteiger partial charge is 0.463 e. The lowest BCUT2D eigenvalue weighted by Crippen LogP contribution is -2.53. The fraction of sp³-hybridized carbons (Fsp3) is 0.423. The van der Waals surface area contributed by atoms with Crippen molar-refractivity contribution in [2.45, 2.75) is 38.6 Å². The summed E-state index contributed by atoms with van der Waals surface area (Å²) in [5.74, 6) is 1.04. The third-order valence-corrected chi connectivity index (χ3v) is 6.91. The molecule has 1 aliphatic heterocycles. The molecule has 0 radical (unpaired) electrons. The number of nitrogens with zero attached hydrogens (tertiary/aromatic N) is 3. The third-order valence-electron chi connectivity index (χ3n) is 6.91. The maximum absolute atomic E-state index is 12.7. The van der Waals surface area contributed by atoms with E-state index in [2.05, 4.69) is 27.6 Å². The Bertz CT molecular complexity index is 1120. The molecule has 0 unspecified atom stereocenters. The van der Waals surface area contributed by atoms with Crippen LogP contribution >= 0.6 is 0 Å². The zero-order valence-electron chi connectivity index (χ0n) is 19.9. The zero-order chi connectivity index (χ0) is 24.2. The van der Waals surface area contributed by atoms with E-state index in [-0.39, 0.29) is 17.7 Å². The standard InChI is InChI=1S/C26H31N5O4/c1-18-4-6-20(7-5-18)28-26(33)31-14-12-30(13-15-31)21-10-8-19(9-11-21)27-25(32)24-17-22(29-35-24)23-3-2-16-34-23/h2-3,8-11,16-18,20H,4-7,12-15H2,1H3,(H,27,32)(H,28,33). The van der Waals surface area contributed by atoms with E-state index >= 15 is 0 Å². The predicted molar refractivity (Wildman–Crippen MR) is 132 cm³/mol. The van der Waals surface area contributed by atoms with Gasteiger partial charge in [-0.15, -0.1) is 0 Å². The number of carbonyl (C=O) groups excluding carboxylic acids is 2. The van der Waals surface area contributed by atoms with Gasteiger partial charge in [-0.1, -0.05) is 12.1 Å². The van der Waals surface area contributed by atoms with E-state index in [9.17, 15) is 9.59 Å². The molecule has 9 heteroatoms. The molecular formula is C26H31N5O4. The van der Waals surface area contributed by atoms with Gasteiger partial charge in [-0.05, 0) is 68.0 Å². The Labute approximate surface area is 204 Å². The molecule has 1 aliphatic carbocycles. The second-order valence-corrected chi connectivity index (χ2v) is 9.44. The average molecular weight is 478 g/mol. The number of rotatable bonds is 5. The Kier molecular flexibility index (Phi) is 6.74. The Hall–Kier alpha value is -3.75. The van der Waals surface area contributed by atoms with Crippen LogP contribution in [0.2, 0.25) is 0 Å². The van der Waals surface area contributed by atoms with Crippen molar-refractivity contribution in [3.63, 3.8) is 0 Å². The van der Waals surface area contributed by atoms with E-state index in [1.807, 2.05) is 29.2 Å². The number of hydrogen-bond acceptors (Lipinski definition) is 6. The summed E-state index contributed by atoms with van der Waals surface area (Å²) in [6, 6.07) is 13.1. The van der Waals surface area contributed by atoms with Crippen LogP contribution in [0.5, 0.6) is 0 Å². The first-order valence-corrected chi connectivity index (χ1v) is 12.3. The van der Waals surface area contributed by atoms with E-state index in [1.54, 1.807) is 18.2 Å². The SMILES string of the molecule is CC1CCC(NC(=O)N2CCN(c3ccc(NC(=O)c4cc(-c5ccco5)no4)cc3)CC2)CC1. The summed E-state index contributed by atoms with van der Waals surface area (Å²) in [4.78, 5) is 29.3. The van der Waals surface area contributed by atoms with Crippen molar-refractivity contribution in [2.75, 3.05) is 36.4 Å². The molecule has 0 spiro atoms. The lowest BCUT2D eigenvalue weighted by Gasteiger charge is -2.37. The molecule has 0 bridgehead atoms. The number of furan rings is 1. The van der Waals surface area contributed by atoms with Crippen molar-refractivity contribution >= 4 is 23.3 Å². The van der Waals surface area contributed by atoms with Gasteiger partial charge in [0.2, 0.25) is 5.76 Å². The average Bonchev–Trinajstić information content (AvgIpc) is 3.59. The maximum Gasteiger partial charge on any atom is 0.317 e. The highest BCUT2D eigenvalue weighted by atomic mass is 16.5. The van der Waals surface area contributed by atoms with Crippen LogP contribution in [-0.2, 0) is 0 Å². The molecular weight excluding hydrogens is 446 g/mol. The quantitative estimate of drug-likeness (QED) is 0.557. The lowest BCUT2D eigenvalue weighted by atomic mass is 9.87. The number of urea groups is 1. The molecule has 35 heavy (non-hydrogen) atoms. The monoisotopic (exact) mass is 477 g/mol. The number of nitrogens with one attached hydrogen (secondary N) is 2. The highest BCUT2D eigenvalue weighted by Gasteiger charge is 2.25. The van der Waals surface area contributed by atoms with Crippen molar-refractivity contribution in [1.82, 2.24) is 15.4 Å². The van der Waals surface area contributed by atoms with Crippen molar-refractivity contribution < 1.29 is 18.5 Å². The molecule has 5 rings (SSSR count). The van der Waals surface area contributed by atoms with Gasteiger partial charge < -0.3 is 29.4 Å². The number of hydrogen-bond donors (Lipinski definition) is 2. The predicted octanol–water partition coefficient (Wildman–Crippen LogP) is 4.60. The Balaban J connectivity index is 1.10. The smallest absolute Gasteiger partial charge is 0.317 e. The molecule has 2 N–H and O–H groups in total. The van der Waals surface area contributed by atoms with Crippen LogP contribution in [0.15, 0.2) is 57.7 Å². The molecule has 3 amide bonds. The van der Waals surface area contributed by atoms with Crippen molar-refractivity contribution in [2.24, 2.45) is 5.92 Å². The van der Waals surface area contributed by atoms with Gasteiger partial charge in [-0.2, -0.15) is 0 Å². The fourth-order valence-corrected chi connectivity index (χ4v) is 4.71. The van der Waals surface area contributed by atoms with Gasteiger partial charge in [0.25, 0.3) is 5.91 Å². The molecule has 0 atom stereocenters. The fourth-order valence-electron chi connectivity index (χ4n) is 4.71. The Morgan fingerprint density at radius 2 is 1.74 bits per heavy atom. The summed E-state index contributed by atoms with van der Waals surface area (Å²) >= 11 is 0. The number of benzene rings is 1. The highest BCUT2D eigenvalue weighted by molar-refractivity contribution is 6.02. The first-order chi connectivity index (χ1) is 17.0. The summed E-state index contributed by atoms with van der Waals surface area (Å²) in [6.45, 7) is 5.21. The van der Waals surface area contributed by atoms with E-state index in [0.717, 1.165) is 37.5 Å². The second kappa shape index (κ2) is 10.2. The molecule has 2 aliphatic rings. The van der Waals surface area contributed by atoms with Gasteiger partial charge in [0.05, 0.1) is 6.26 Å². The van der Waals surface area contributed by atoms with Gasteiger partial charge in [-0.3, -0.25) is 4.79 Å². The molecule has 9 nitrogen and oxygen atoms in total. The summed E-state index contributed by atoms with van der Waals surface area (Å²) < 4.78 is 10.4. The molecule has 1 saturated heterocycles. The Morgan fingerprint density at radius 3 is 2.43 bits per heavy atom. The number of anilines is 2. The summed E-state index contributed by atoms with van der Waals surface area (Å²) in [5.41, 5.74) is 2.19. The first-order valence-electron chi connectivity index (χ1n) is 12.3. The summed E-state index contributed by atoms with van der Waals surface area (Å²) in [6.07, 6.45) is 6.09. The number of carbonyl (C=O) groups is 2. The van der Waals surface area contributed by atoms with Gasteiger partial charge >= 0.3 is 6.03 Å². The molecule has 3 heterocycles. The molecule has 1 aromatic carbocycles. The van der Waals surface area contributed by atoms with Gasteiger partial charge in [0.15, 0.2) is 5.76 Å². The van der Waals surface area contributed by atoms with Crippen LogP contribution in [0.3, 0.4) is 0 Å². The highest BCUT2D eigenvalue weighted by Crippen LogP contribution is 2.24. The number of piperazine rings is 1. The van der Waals surface area contributed by atoms with Crippen LogP contribution in [0, 0.1) is 5.92 Å². The van der Waals surface area contributed by atoms with Gasteiger partial charge in [0, 0.05) is 49.7 Å². The lowest BCUT2D eigenvalue weighted by molar-refractivity contribution is 0.0988. The number of aromatic nitrogens is 1. The topological polar surface area (TPSA) is 104 Å². The molecule has 2 aromatic heterocycles. The molecule has 3 aromatic rings. The van der Waals surface area contributed by atoms with Crippen molar-refractivity contribution in [1.29, 1.82) is 0 Å². The second-order valence-electron chi connectivity index (χ2n) is 9.44. The Morgan fingerprint density at radius 1 is 1.00 bits per heavy atom. The van der Waals surface area contributed by atoms with E-state index in [1.165, 1.54) is 19.1 Å². The van der Waals surface area contributed by atoms with E-state index < -0.39 is 0 Å². The van der Waals surface area contributed by atoms with Crippen LogP contribution in [-0.4, -0.2) is 54.2 Å². The van der Waals surface area contributed by atoms with Gasteiger partial charge in [-0.25, -0.2) is 4.79 Å². The minimum absolute atomic E-state index is 0.0601. The molecule has 184 valence electrons. The van der Waals surface area contributed by atoms with E-state index in [4.69, 9.17) is 8.94 Å². The van der Waals surface area contributed by atoms with Crippen LogP contribution in [0.25, 0.3) is 11.5 Å².